The van der Waals surface area contributed by atoms with Crippen LogP contribution in [0.3, 0.4) is 0 Å². The second-order valence-electron chi connectivity index (χ2n) is 4.95. The topological polar surface area (TPSA) is 46.9 Å². The lowest BCUT2D eigenvalue weighted by molar-refractivity contribution is 0.0930. The molecule has 1 amide bonds. The minimum absolute atomic E-state index is 0.0203. The maximum atomic E-state index is 11.9. The first kappa shape index (κ1) is 11.2. The van der Waals surface area contributed by atoms with Crippen molar-refractivity contribution in [2.75, 3.05) is 0 Å². The van der Waals surface area contributed by atoms with Gasteiger partial charge in [-0.05, 0) is 25.7 Å². The number of carbonyl (C=O) groups excluding carboxylic acids is 1. The molecule has 0 bridgehead atoms. The number of nitrogens with one attached hydrogen (secondary N) is 1. The number of nitrogens with zero attached hydrogens (tertiary/aromatic N) is 2. The average molecular weight is 221 g/mol. The average Bonchev–Trinajstić information content (AvgIpc) is 2.96. The molecule has 1 heterocycles. The van der Waals surface area contributed by atoms with Gasteiger partial charge in [-0.25, -0.2) is 0 Å². The van der Waals surface area contributed by atoms with Crippen molar-refractivity contribution in [2.45, 2.75) is 45.7 Å². The van der Waals surface area contributed by atoms with Crippen molar-refractivity contribution in [3.05, 3.63) is 18.0 Å². The molecule has 0 spiro atoms. The van der Waals surface area contributed by atoms with Crippen molar-refractivity contribution in [3.8, 4) is 0 Å². The first-order valence-corrected chi connectivity index (χ1v) is 5.93. The Bertz CT molecular complexity index is 379. The maximum Gasteiger partial charge on any atom is 0.254 e. The van der Waals surface area contributed by atoms with Crippen LogP contribution in [0.5, 0.6) is 0 Å². The smallest absolute Gasteiger partial charge is 0.254 e. The SMILES string of the molecule is CC(C)C(C)NC(=O)c1cnn(C2CC2)c1. The summed E-state index contributed by atoms with van der Waals surface area (Å²) in [4.78, 5) is 11.9. The quantitative estimate of drug-likeness (QED) is 0.845. The number of carbonyl (C=O) groups is 1. The van der Waals surface area contributed by atoms with E-state index in [1.807, 2.05) is 17.8 Å². The zero-order valence-corrected chi connectivity index (χ0v) is 10.1. The normalized spacial score (nSPS) is 17.5. The third-order valence-electron chi connectivity index (χ3n) is 3.14. The van der Waals surface area contributed by atoms with Crippen LogP contribution in [0.4, 0.5) is 0 Å². The molecule has 1 aromatic heterocycles. The van der Waals surface area contributed by atoms with Crippen LogP contribution in [0.25, 0.3) is 0 Å². The van der Waals surface area contributed by atoms with Gasteiger partial charge in [0.15, 0.2) is 0 Å². The van der Waals surface area contributed by atoms with Gasteiger partial charge in [0.1, 0.15) is 0 Å². The molecular formula is C12H19N3O. The summed E-state index contributed by atoms with van der Waals surface area (Å²) < 4.78 is 1.90. The van der Waals surface area contributed by atoms with Gasteiger partial charge in [0.25, 0.3) is 5.91 Å². The Kier molecular flexibility index (Phi) is 2.99. The van der Waals surface area contributed by atoms with Gasteiger partial charge in [-0.1, -0.05) is 13.8 Å². The highest BCUT2D eigenvalue weighted by Gasteiger charge is 2.25. The Balaban J connectivity index is 1.97. The summed E-state index contributed by atoms with van der Waals surface area (Å²) in [5.74, 6) is 0.426. The zero-order chi connectivity index (χ0) is 11.7. The van der Waals surface area contributed by atoms with Crippen molar-refractivity contribution in [2.24, 2.45) is 5.92 Å². The lowest BCUT2D eigenvalue weighted by atomic mass is 10.1. The summed E-state index contributed by atoms with van der Waals surface area (Å²) in [6, 6.07) is 0.723. The predicted molar refractivity (Wildman–Crippen MR) is 62.3 cm³/mol. The molecule has 1 atom stereocenters. The summed E-state index contributed by atoms with van der Waals surface area (Å²) in [7, 11) is 0. The summed E-state index contributed by atoms with van der Waals surface area (Å²) in [5, 5.41) is 7.18. The Morgan fingerprint density at radius 1 is 1.50 bits per heavy atom. The highest BCUT2D eigenvalue weighted by Crippen LogP contribution is 2.33. The van der Waals surface area contributed by atoms with E-state index >= 15 is 0 Å². The van der Waals surface area contributed by atoms with Gasteiger partial charge >= 0.3 is 0 Å². The minimum Gasteiger partial charge on any atom is -0.349 e. The molecule has 1 aliphatic rings. The molecule has 1 aliphatic carbocycles. The van der Waals surface area contributed by atoms with Gasteiger partial charge in [0.05, 0.1) is 17.8 Å². The third-order valence-corrected chi connectivity index (χ3v) is 3.14. The summed E-state index contributed by atoms with van der Waals surface area (Å²) in [6.45, 7) is 6.21. The van der Waals surface area contributed by atoms with Crippen LogP contribution in [-0.4, -0.2) is 21.7 Å². The van der Waals surface area contributed by atoms with Gasteiger partial charge in [-0.15, -0.1) is 0 Å². The van der Waals surface area contributed by atoms with Crippen LogP contribution in [0.1, 0.15) is 50.0 Å². The van der Waals surface area contributed by atoms with Crippen LogP contribution in [0, 0.1) is 5.92 Å². The first-order valence-electron chi connectivity index (χ1n) is 5.93. The van der Waals surface area contributed by atoms with Gasteiger partial charge in [-0.2, -0.15) is 5.10 Å². The van der Waals surface area contributed by atoms with E-state index in [9.17, 15) is 4.79 Å². The maximum absolute atomic E-state index is 11.9. The van der Waals surface area contributed by atoms with Crippen molar-refractivity contribution in [1.82, 2.24) is 15.1 Å². The molecule has 1 saturated carbocycles. The first-order chi connectivity index (χ1) is 7.58. The molecule has 2 rings (SSSR count). The van der Waals surface area contributed by atoms with Crippen LogP contribution in [0.2, 0.25) is 0 Å². The second kappa shape index (κ2) is 4.28. The Morgan fingerprint density at radius 3 is 2.75 bits per heavy atom. The summed E-state index contributed by atoms with van der Waals surface area (Å²) >= 11 is 0. The fourth-order valence-corrected chi connectivity index (χ4v) is 1.45. The molecule has 4 heteroatoms. The largest absolute Gasteiger partial charge is 0.349 e. The van der Waals surface area contributed by atoms with Crippen LogP contribution >= 0.6 is 0 Å². The molecule has 1 aromatic rings. The predicted octanol–water partition coefficient (Wildman–Crippen LogP) is 1.99. The zero-order valence-electron chi connectivity index (χ0n) is 10.1. The highest BCUT2D eigenvalue weighted by atomic mass is 16.1. The van der Waals surface area contributed by atoms with Crippen molar-refractivity contribution < 1.29 is 4.79 Å². The highest BCUT2D eigenvalue weighted by molar-refractivity contribution is 5.93. The molecule has 0 saturated heterocycles. The fourth-order valence-electron chi connectivity index (χ4n) is 1.45. The van der Waals surface area contributed by atoms with Gasteiger partial charge < -0.3 is 5.32 Å². The monoisotopic (exact) mass is 221 g/mol. The van der Waals surface area contributed by atoms with Crippen molar-refractivity contribution in [1.29, 1.82) is 0 Å². The van der Waals surface area contributed by atoms with Gasteiger partial charge in [0.2, 0.25) is 0 Å². The fraction of sp³-hybridized carbons (Fsp3) is 0.667. The summed E-state index contributed by atoms with van der Waals surface area (Å²) in [6.07, 6.45) is 5.87. The number of hydrogen-bond donors (Lipinski definition) is 1. The minimum atomic E-state index is -0.0203. The van der Waals surface area contributed by atoms with E-state index in [-0.39, 0.29) is 11.9 Å². The van der Waals surface area contributed by atoms with Crippen LogP contribution in [0.15, 0.2) is 12.4 Å². The number of amides is 1. The summed E-state index contributed by atoms with van der Waals surface area (Å²) in [5.41, 5.74) is 0.666. The molecule has 0 aromatic carbocycles. The van der Waals surface area contributed by atoms with Crippen LogP contribution in [-0.2, 0) is 0 Å². The van der Waals surface area contributed by atoms with E-state index in [1.165, 1.54) is 12.8 Å². The number of aromatic nitrogens is 2. The molecule has 1 N–H and O–H groups in total. The Hall–Kier alpha value is -1.32. The molecule has 1 unspecified atom stereocenters. The van der Waals surface area contributed by atoms with Gasteiger partial charge in [-0.3, -0.25) is 9.48 Å². The Labute approximate surface area is 96.0 Å². The van der Waals surface area contributed by atoms with E-state index in [0.717, 1.165) is 0 Å². The third kappa shape index (κ3) is 2.43. The molecular weight excluding hydrogens is 202 g/mol. The molecule has 0 aliphatic heterocycles. The van der Waals surface area contributed by atoms with E-state index in [2.05, 4.69) is 24.3 Å². The molecule has 88 valence electrons. The molecule has 1 fully saturated rings. The molecule has 16 heavy (non-hydrogen) atoms. The van der Waals surface area contributed by atoms with Crippen molar-refractivity contribution >= 4 is 5.91 Å². The number of rotatable bonds is 4. The van der Waals surface area contributed by atoms with E-state index in [4.69, 9.17) is 0 Å². The van der Waals surface area contributed by atoms with E-state index < -0.39 is 0 Å². The lowest BCUT2D eigenvalue weighted by Crippen LogP contribution is -2.35. The number of hydrogen-bond acceptors (Lipinski definition) is 2. The molecule has 4 nitrogen and oxygen atoms in total. The van der Waals surface area contributed by atoms with E-state index in [1.54, 1.807) is 6.20 Å². The standard InChI is InChI=1S/C12H19N3O/c1-8(2)9(3)14-12(16)10-6-13-15(7-10)11-4-5-11/h6-9,11H,4-5H2,1-3H3,(H,14,16). The van der Waals surface area contributed by atoms with Gasteiger partial charge in [0, 0.05) is 12.2 Å². The Morgan fingerprint density at radius 2 is 2.19 bits per heavy atom. The lowest BCUT2D eigenvalue weighted by Gasteiger charge is -2.16. The molecule has 0 radical (unpaired) electrons. The second-order valence-corrected chi connectivity index (χ2v) is 4.95. The van der Waals surface area contributed by atoms with Crippen molar-refractivity contribution in [3.63, 3.8) is 0 Å². The van der Waals surface area contributed by atoms with Crippen LogP contribution < -0.4 is 5.32 Å². The van der Waals surface area contributed by atoms with E-state index in [0.29, 0.717) is 17.5 Å².